The Kier molecular flexibility index (Phi) is 2.98. The number of aryl methyl sites for hydroxylation is 1. The molecule has 1 fully saturated rings. The zero-order valence-electron chi connectivity index (χ0n) is 8.96. The molecule has 0 saturated heterocycles. The summed E-state index contributed by atoms with van der Waals surface area (Å²) >= 11 is 3.52. The molecule has 1 heterocycles. The fourth-order valence-corrected chi connectivity index (χ4v) is 2.59. The summed E-state index contributed by atoms with van der Waals surface area (Å²) in [5.41, 5.74) is 1.14. The van der Waals surface area contributed by atoms with E-state index < -0.39 is 0 Å². The third-order valence-electron chi connectivity index (χ3n) is 2.95. The molecule has 0 spiro atoms. The minimum absolute atomic E-state index is 0.0501. The van der Waals surface area contributed by atoms with Crippen molar-refractivity contribution in [2.45, 2.75) is 18.9 Å². The summed E-state index contributed by atoms with van der Waals surface area (Å²) in [6.45, 7) is 0. The summed E-state index contributed by atoms with van der Waals surface area (Å²) in [7, 11) is 3.72. The third kappa shape index (κ3) is 2.16. The first-order valence-electron chi connectivity index (χ1n) is 5.17. The van der Waals surface area contributed by atoms with Gasteiger partial charge >= 0.3 is 0 Å². The Hall–Kier alpha value is -0.610. The molecular formula is C11H15BrN2O. The fraction of sp³-hybridized carbons (Fsp3) is 0.545. The zero-order valence-corrected chi connectivity index (χ0v) is 10.5. The first-order valence-corrected chi connectivity index (χ1v) is 5.96. The van der Waals surface area contributed by atoms with E-state index in [1.54, 1.807) is 17.7 Å². The average Bonchev–Trinajstić information content (AvgIpc) is 2.99. The average molecular weight is 271 g/mol. The molecule has 1 aliphatic carbocycles. The normalized spacial score (nSPS) is 17.8. The standard InChI is InChI=1S/C11H15BrN2O/c1-13-11(7-3-4-7)8-5-10(15)14(2)6-9(8)12/h5-7,11,13H,3-4H2,1-2H3. The van der Waals surface area contributed by atoms with Gasteiger partial charge in [-0.3, -0.25) is 4.79 Å². The predicted octanol–water partition coefficient (Wildman–Crippen LogP) is 1.82. The van der Waals surface area contributed by atoms with Crippen LogP contribution in [0.15, 0.2) is 21.5 Å². The van der Waals surface area contributed by atoms with Crippen LogP contribution in [-0.4, -0.2) is 11.6 Å². The van der Waals surface area contributed by atoms with Gasteiger partial charge in [-0.25, -0.2) is 0 Å². The van der Waals surface area contributed by atoms with E-state index in [4.69, 9.17) is 0 Å². The summed E-state index contributed by atoms with van der Waals surface area (Å²) in [5, 5.41) is 3.29. The Morgan fingerprint density at radius 1 is 1.60 bits per heavy atom. The van der Waals surface area contributed by atoms with Crippen molar-refractivity contribution in [3.63, 3.8) is 0 Å². The van der Waals surface area contributed by atoms with Crippen LogP contribution in [0, 0.1) is 5.92 Å². The van der Waals surface area contributed by atoms with E-state index in [0.29, 0.717) is 12.0 Å². The number of nitrogens with one attached hydrogen (secondary N) is 1. The van der Waals surface area contributed by atoms with Crippen LogP contribution in [0.5, 0.6) is 0 Å². The molecular weight excluding hydrogens is 256 g/mol. The van der Waals surface area contributed by atoms with E-state index in [2.05, 4.69) is 21.2 Å². The van der Waals surface area contributed by atoms with Gasteiger partial charge in [-0.15, -0.1) is 0 Å². The Balaban J connectivity index is 2.41. The van der Waals surface area contributed by atoms with E-state index in [0.717, 1.165) is 10.0 Å². The van der Waals surface area contributed by atoms with Crippen LogP contribution in [0.2, 0.25) is 0 Å². The van der Waals surface area contributed by atoms with E-state index in [1.165, 1.54) is 12.8 Å². The minimum Gasteiger partial charge on any atom is -0.317 e. The van der Waals surface area contributed by atoms with E-state index >= 15 is 0 Å². The zero-order chi connectivity index (χ0) is 11.0. The van der Waals surface area contributed by atoms with Gasteiger partial charge < -0.3 is 9.88 Å². The highest BCUT2D eigenvalue weighted by molar-refractivity contribution is 9.10. The number of aromatic nitrogens is 1. The second kappa shape index (κ2) is 4.10. The molecule has 1 aromatic rings. The first kappa shape index (κ1) is 10.9. The van der Waals surface area contributed by atoms with Crippen molar-refractivity contribution in [2.24, 2.45) is 13.0 Å². The van der Waals surface area contributed by atoms with Crippen LogP contribution in [0.25, 0.3) is 0 Å². The van der Waals surface area contributed by atoms with Crippen molar-refractivity contribution in [1.82, 2.24) is 9.88 Å². The lowest BCUT2D eigenvalue weighted by Gasteiger charge is -2.17. The van der Waals surface area contributed by atoms with Crippen LogP contribution >= 0.6 is 15.9 Å². The molecule has 2 rings (SSSR count). The smallest absolute Gasteiger partial charge is 0.250 e. The van der Waals surface area contributed by atoms with Gasteiger partial charge in [-0.1, -0.05) is 0 Å². The summed E-state index contributed by atoms with van der Waals surface area (Å²) < 4.78 is 2.60. The number of hydrogen-bond donors (Lipinski definition) is 1. The molecule has 0 amide bonds. The Morgan fingerprint density at radius 3 is 2.80 bits per heavy atom. The van der Waals surface area contributed by atoms with Crippen molar-refractivity contribution < 1.29 is 0 Å². The van der Waals surface area contributed by atoms with Crippen LogP contribution in [-0.2, 0) is 7.05 Å². The van der Waals surface area contributed by atoms with Gasteiger partial charge in [0, 0.05) is 29.8 Å². The maximum Gasteiger partial charge on any atom is 0.250 e. The summed E-state index contributed by atoms with van der Waals surface area (Å²) in [4.78, 5) is 11.6. The first-order chi connectivity index (χ1) is 7.13. The van der Waals surface area contributed by atoms with Gasteiger partial charge in [0.1, 0.15) is 0 Å². The van der Waals surface area contributed by atoms with Gasteiger partial charge in [-0.2, -0.15) is 0 Å². The molecule has 15 heavy (non-hydrogen) atoms. The molecule has 1 aliphatic rings. The molecule has 1 N–H and O–H groups in total. The molecule has 3 nitrogen and oxygen atoms in total. The Bertz CT molecular complexity index is 423. The van der Waals surface area contributed by atoms with Gasteiger partial charge in [-0.05, 0) is 47.3 Å². The maximum absolute atomic E-state index is 11.6. The summed E-state index contributed by atoms with van der Waals surface area (Å²) in [5.74, 6) is 0.693. The van der Waals surface area contributed by atoms with E-state index in [-0.39, 0.29) is 5.56 Å². The van der Waals surface area contributed by atoms with Gasteiger partial charge in [0.15, 0.2) is 0 Å². The lowest BCUT2D eigenvalue weighted by Crippen LogP contribution is -2.23. The second-order valence-corrected chi connectivity index (χ2v) is 4.98. The highest BCUT2D eigenvalue weighted by Crippen LogP contribution is 2.42. The molecule has 0 aliphatic heterocycles. The number of rotatable bonds is 3. The lowest BCUT2D eigenvalue weighted by molar-refractivity contribution is 0.524. The summed E-state index contributed by atoms with van der Waals surface area (Å²) in [6.07, 6.45) is 4.35. The second-order valence-electron chi connectivity index (χ2n) is 4.13. The van der Waals surface area contributed by atoms with Crippen LogP contribution < -0.4 is 10.9 Å². The van der Waals surface area contributed by atoms with Crippen LogP contribution in [0.1, 0.15) is 24.4 Å². The highest BCUT2D eigenvalue weighted by atomic mass is 79.9. The van der Waals surface area contributed by atoms with Crippen LogP contribution in [0.3, 0.4) is 0 Å². The topological polar surface area (TPSA) is 34.0 Å². The van der Waals surface area contributed by atoms with Gasteiger partial charge in [0.05, 0.1) is 0 Å². The van der Waals surface area contributed by atoms with Crippen molar-refractivity contribution in [1.29, 1.82) is 0 Å². The Labute approximate surface area is 97.6 Å². The highest BCUT2D eigenvalue weighted by Gasteiger charge is 2.32. The molecule has 1 atom stereocenters. The van der Waals surface area contributed by atoms with E-state index in [9.17, 15) is 4.79 Å². The number of nitrogens with zero attached hydrogens (tertiary/aromatic N) is 1. The number of pyridine rings is 1. The summed E-state index contributed by atoms with van der Waals surface area (Å²) in [6, 6.07) is 2.04. The Morgan fingerprint density at radius 2 is 2.27 bits per heavy atom. The largest absolute Gasteiger partial charge is 0.317 e. The molecule has 1 unspecified atom stereocenters. The van der Waals surface area contributed by atoms with Crippen molar-refractivity contribution in [2.75, 3.05) is 7.05 Å². The quantitative estimate of drug-likeness (QED) is 0.909. The molecule has 0 aromatic carbocycles. The molecule has 82 valence electrons. The molecule has 0 bridgehead atoms. The maximum atomic E-state index is 11.6. The minimum atomic E-state index is 0.0501. The van der Waals surface area contributed by atoms with E-state index in [1.807, 2.05) is 13.2 Å². The van der Waals surface area contributed by atoms with Crippen molar-refractivity contribution >= 4 is 15.9 Å². The number of hydrogen-bond acceptors (Lipinski definition) is 2. The lowest BCUT2D eigenvalue weighted by atomic mass is 10.0. The monoisotopic (exact) mass is 270 g/mol. The fourth-order valence-electron chi connectivity index (χ4n) is 1.92. The third-order valence-corrected chi connectivity index (χ3v) is 3.61. The van der Waals surface area contributed by atoms with Gasteiger partial charge in [0.25, 0.3) is 5.56 Å². The van der Waals surface area contributed by atoms with Crippen molar-refractivity contribution in [3.8, 4) is 0 Å². The number of halogens is 1. The molecule has 1 saturated carbocycles. The van der Waals surface area contributed by atoms with Gasteiger partial charge in [0.2, 0.25) is 0 Å². The van der Waals surface area contributed by atoms with Crippen LogP contribution in [0.4, 0.5) is 0 Å². The molecule has 0 radical (unpaired) electrons. The van der Waals surface area contributed by atoms with Crippen molar-refractivity contribution in [3.05, 3.63) is 32.7 Å². The molecule has 4 heteroatoms. The predicted molar refractivity (Wildman–Crippen MR) is 63.9 cm³/mol. The SMILES string of the molecule is CNC(c1cc(=O)n(C)cc1Br)C1CC1. The molecule has 1 aromatic heterocycles.